The van der Waals surface area contributed by atoms with E-state index >= 15 is 0 Å². The van der Waals surface area contributed by atoms with Crippen LogP contribution < -0.4 is 5.32 Å². The SMILES string of the molecule is O=C(Cc1cccc([N+](=O)[O-])c1)NC1CCCCC1O. The summed E-state index contributed by atoms with van der Waals surface area (Å²) in [5.74, 6) is -0.212. The van der Waals surface area contributed by atoms with Crippen LogP contribution in [-0.4, -0.2) is 28.1 Å². The Morgan fingerprint density at radius 1 is 1.40 bits per heavy atom. The number of non-ortho nitro benzene ring substituents is 1. The first kappa shape index (κ1) is 14.5. The normalized spacial score (nSPS) is 22.2. The van der Waals surface area contributed by atoms with Crippen LogP contribution in [0.5, 0.6) is 0 Å². The second-order valence-electron chi connectivity index (χ2n) is 5.13. The van der Waals surface area contributed by atoms with E-state index in [4.69, 9.17) is 0 Å². The molecular formula is C14H18N2O4. The molecule has 1 aliphatic rings. The predicted molar refractivity (Wildman–Crippen MR) is 73.2 cm³/mol. The molecule has 0 heterocycles. The number of nitrogens with zero attached hydrogens (tertiary/aromatic N) is 1. The number of hydrogen-bond donors (Lipinski definition) is 2. The number of aliphatic hydroxyl groups is 1. The standard InChI is InChI=1S/C14H18N2O4/c17-13-7-2-1-6-12(13)15-14(18)9-10-4-3-5-11(8-10)16(19)20/h3-5,8,12-13,17H,1-2,6-7,9H2,(H,15,18). The first-order chi connectivity index (χ1) is 9.56. The second-order valence-corrected chi connectivity index (χ2v) is 5.13. The number of nitrogens with one attached hydrogen (secondary N) is 1. The summed E-state index contributed by atoms with van der Waals surface area (Å²) >= 11 is 0. The Morgan fingerprint density at radius 2 is 2.15 bits per heavy atom. The summed E-state index contributed by atoms with van der Waals surface area (Å²) in [6, 6.07) is 5.85. The molecule has 6 heteroatoms. The second kappa shape index (κ2) is 6.47. The van der Waals surface area contributed by atoms with Crippen LogP contribution in [-0.2, 0) is 11.2 Å². The zero-order chi connectivity index (χ0) is 14.5. The van der Waals surface area contributed by atoms with Crippen LogP contribution in [0.4, 0.5) is 5.69 Å². The van der Waals surface area contributed by atoms with Gasteiger partial charge in [0.15, 0.2) is 0 Å². The molecule has 0 saturated heterocycles. The molecule has 20 heavy (non-hydrogen) atoms. The van der Waals surface area contributed by atoms with E-state index in [1.54, 1.807) is 12.1 Å². The van der Waals surface area contributed by atoms with Gasteiger partial charge >= 0.3 is 0 Å². The molecule has 2 N–H and O–H groups in total. The maximum atomic E-state index is 11.9. The van der Waals surface area contributed by atoms with Crippen LogP contribution >= 0.6 is 0 Å². The number of hydrogen-bond acceptors (Lipinski definition) is 4. The Labute approximate surface area is 117 Å². The maximum Gasteiger partial charge on any atom is 0.269 e. The first-order valence-corrected chi connectivity index (χ1v) is 6.77. The summed E-state index contributed by atoms with van der Waals surface area (Å²) in [4.78, 5) is 22.1. The Kier molecular flexibility index (Phi) is 4.68. The monoisotopic (exact) mass is 278 g/mol. The zero-order valence-electron chi connectivity index (χ0n) is 11.1. The van der Waals surface area contributed by atoms with Crippen molar-refractivity contribution in [3.8, 4) is 0 Å². The van der Waals surface area contributed by atoms with Crippen LogP contribution in [0.15, 0.2) is 24.3 Å². The van der Waals surface area contributed by atoms with Gasteiger partial charge in [-0.05, 0) is 18.4 Å². The van der Waals surface area contributed by atoms with E-state index in [1.165, 1.54) is 12.1 Å². The molecule has 2 atom stereocenters. The van der Waals surface area contributed by atoms with Gasteiger partial charge in [0, 0.05) is 12.1 Å². The average Bonchev–Trinajstić information content (AvgIpc) is 2.41. The molecule has 108 valence electrons. The lowest BCUT2D eigenvalue weighted by Crippen LogP contribution is -2.45. The van der Waals surface area contributed by atoms with E-state index in [0.29, 0.717) is 12.0 Å². The van der Waals surface area contributed by atoms with Gasteiger partial charge in [0.25, 0.3) is 5.69 Å². The van der Waals surface area contributed by atoms with E-state index in [2.05, 4.69) is 5.32 Å². The van der Waals surface area contributed by atoms with Gasteiger partial charge in [-0.3, -0.25) is 14.9 Å². The summed E-state index contributed by atoms with van der Waals surface area (Å²) in [5.41, 5.74) is 0.579. The number of nitro benzene ring substituents is 1. The van der Waals surface area contributed by atoms with Crippen LogP contribution in [0.25, 0.3) is 0 Å². The molecule has 0 radical (unpaired) electrons. The van der Waals surface area contributed by atoms with E-state index in [0.717, 1.165) is 19.3 Å². The van der Waals surface area contributed by atoms with Gasteiger partial charge in [-0.2, -0.15) is 0 Å². The Hall–Kier alpha value is -1.95. The van der Waals surface area contributed by atoms with Gasteiger partial charge in [-0.15, -0.1) is 0 Å². The molecule has 2 rings (SSSR count). The molecule has 1 aliphatic carbocycles. The van der Waals surface area contributed by atoms with Gasteiger partial charge in [0.05, 0.1) is 23.5 Å². The lowest BCUT2D eigenvalue weighted by Gasteiger charge is -2.28. The highest BCUT2D eigenvalue weighted by atomic mass is 16.6. The lowest BCUT2D eigenvalue weighted by atomic mass is 9.92. The third kappa shape index (κ3) is 3.77. The highest BCUT2D eigenvalue weighted by molar-refractivity contribution is 5.79. The van der Waals surface area contributed by atoms with E-state index < -0.39 is 11.0 Å². The van der Waals surface area contributed by atoms with E-state index in [9.17, 15) is 20.0 Å². The summed E-state index contributed by atoms with van der Waals surface area (Å²) in [6.45, 7) is 0. The van der Waals surface area contributed by atoms with E-state index in [-0.39, 0.29) is 24.1 Å². The molecule has 1 aromatic rings. The third-order valence-electron chi connectivity index (χ3n) is 3.56. The number of carbonyl (C=O) groups is 1. The largest absolute Gasteiger partial charge is 0.391 e. The molecule has 1 amide bonds. The molecule has 1 aromatic carbocycles. The fourth-order valence-corrected chi connectivity index (χ4v) is 2.50. The molecular weight excluding hydrogens is 260 g/mol. The maximum absolute atomic E-state index is 11.9. The topological polar surface area (TPSA) is 92.5 Å². The summed E-state index contributed by atoms with van der Waals surface area (Å²) in [6.07, 6.45) is 3.07. The fraction of sp³-hybridized carbons (Fsp3) is 0.500. The van der Waals surface area contributed by atoms with Crippen molar-refractivity contribution in [1.29, 1.82) is 0 Å². The minimum absolute atomic E-state index is 0.0204. The molecule has 1 saturated carbocycles. The van der Waals surface area contributed by atoms with Crippen molar-refractivity contribution in [3.05, 3.63) is 39.9 Å². The lowest BCUT2D eigenvalue weighted by molar-refractivity contribution is -0.384. The van der Waals surface area contributed by atoms with Crippen LogP contribution in [0.2, 0.25) is 0 Å². The quantitative estimate of drug-likeness (QED) is 0.645. The number of nitro groups is 1. The summed E-state index contributed by atoms with van der Waals surface area (Å²) < 4.78 is 0. The van der Waals surface area contributed by atoms with Crippen LogP contribution in [0.1, 0.15) is 31.2 Å². The zero-order valence-corrected chi connectivity index (χ0v) is 11.1. The number of aliphatic hydroxyl groups excluding tert-OH is 1. The van der Waals surface area contributed by atoms with Crippen LogP contribution in [0, 0.1) is 10.1 Å². The van der Waals surface area contributed by atoms with Crippen molar-refractivity contribution in [2.45, 2.75) is 44.2 Å². The van der Waals surface area contributed by atoms with E-state index in [1.807, 2.05) is 0 Å². The number of benzene rings is 1. The summed E-state index contributed by atoms with van der Waals surface area (Å²) in [7, 11) is 0. The average molecular weight is 278 g/mol. The molecule has 2 unspecified atom stereocenters. The van der Waals surface area contributed by atoms with Gasteiger partial charge in [0.1, 0.15) is 0 Å². The van der Waals surface area contributed by atoms with Crippen LogP contribution in [0.3, 0.4) is 0 Å². The van der Waals surface area contributed by atoms with Crippen molar-refractivity contribution in [3.63, 3.8) is 0 Å². The van der Waals surface area contributed by atoms with Crippen molar-refractivity contribution in [2.24, 2.45) is 0 Å². The van der Waals surface area contributed by atoms with Crippen molar-refractivity contribution in [2.75, 3.05) is 0 Å². The van der Waals surface area contributed by atoms with Gasteiger partial charge in [-0.25, -0.2) is 0 Å². The molecule has 6 nitrogen and oxygen atoms in total. The highest BCUT2D eigenvalue weighted by Gasteiger charge is 2.24. The minimum atomic E-state index is -0.488. The predicted octanol–water partition coefficient (Wildman–Crippen LogP) is 1.56. The first-order valence-electron chi connectivity index (χ1n) is 6.77. The molecule has 0 aliphatic heterocycles. The minimum Gasteiger partial charge on any atom is -0.391 e. The Balaban J connectivity index is 1.94. The number of carbonyl (C=O) groups excluding carboxylic acids is 1. The van der Waals surface area contributed by atoms with Crippen molar-refractivity contribution < 1.29 is 14.8 Å². The Bertz CT molecular complexity index is 504. The molecule has 0 aromatic heterocycles. The third-order valence-corrected chi connectivity index (χ3v) is 3.56. The molecule has 0 spiro atoms. The van der Waals surface area contributed by atoms with Gasteiger partial charge in [0.2, 0.25) is 5.91 Å². The van der Waals surface area contributed by atoms with Crippen molar-refractivity contribution in [1.82, 2.24) is 5.32 Å². The van der Waals surface area contributed by atoms with Crippen molar-refractivity contribution >= 4 is 11.6 Å². The number of rotatable bonds is 4. The number of amides is 1. The fourth-order valence-electron chi connectivity index (χ4n) is 2.50. The smallest absolute Gasteiger partial charge is 0.269 e. The molecule has 0 bridgehead atoms. The van der Waals surface area contributed by atoms with Gasteiger partial charge < -0.3 is 10.4 Å². The van der Waals surface area contributed by atoms with Gasteiger partial charge in [-0.1, -0.05) is 25.0 Å². The molecule has 1 fully saturated rings. The Morgan fingerprint density at radius 3 is 2.85 bits per heavy atom. The summed E-state index contributed by atoms with van der Waals surface area (Å²) in [5, 5.41) is 23.3. The highest BCUT2D eigenvalue weighted by Crippen LogP contribution is 2.19.